The van der Waals surface area contributed by atoms with Crippen molar-refractivity contribution in [3.05, 3.63) is 35.6 Å². The van der Waals surface area contributed by atoms with Gasteiger partial charge in [-0.2, -0.15) is 0 Å². The van der Waals surface area contributed by atoms with Crippen LogP contribution in [0.1, 0.15) is 32.3 Å². The highest BCUT2D eigenvalue weighted by molar-refractivity contribution is 7.90. The van der Waals surface area contributed by atoms with Crippen LogP contribution in [0.25, 0.3) is 5.57 Å². The molecule has 5 heteroatoms. The van der Waals surface area contributed by atoms with Gasteiger partial charge < -0.3 is 5.11 Å². The molecule has 0 heterocycles. The Hall–Kier alpha value is -1.62. The van der Waals surface area contributed by atoms with Gasteiger partial charge in [-0.3, -0.25) is 4.79 Å². The maximum Gasteiger partial charge on any atom is 0.175 e. The molecule has 0 aliphatic rings. The fourth-order valence-corrected chi connectivity index (χ4v) is 2.43. The van der Waals surface area contributed by atoms with Crippen molar-refractivity contribution >= 4 is 21.2 Å². The van der Waals surface area contributed by atoms with Crippen LogP contribution in [0.4, 0.5) is 0 Å². The largest absolute Gasteiger partial charge is 0.512 e. The van der Waals surface area contributed by atoms with Crippen LogP contribution in [-0.2, 0) is 14.6 Å². The van der Waals surface area contributed by atoms with Crippen LogP contribution in [-0.4, -0.2) is 25.6 Å². The summed E-state index contributed by atoms with van der Waals surface area (Å²) < 4.78 is 22.7. The Morgan fingerprint density at radius 1 is 1.21 bits per heavy atom. The Morgan fingerprint density at radius 3 is 2.11 bits per heavy atom. The molecule has 0 radical (unpaired) electrons. The number of ketones is 1. The van der Waals surface area contributed by atoms with E-state index in [4.69, 9.17) is 0 Å². The van der Waals surface area contributed by atoms with Crippen molar-refractivity contribution in [3.63, 3.8) is 0 Å². The lowest BCUT2D eigenvalue weighted by molar-refractivity contribution is -0.111. The first-order valence-corrected chi connectivity index (χ1v) is 7.90. The summed E-state index contributed by atoms with van der Waals surface area (Å²) in [6.45, 7) is 3.28. The summed E-state index contributed by atoms with van der Waals surface area (Å²) in [6, 6.07) is 5.96. The zero-order chi connectivity index (χ0) is 14.6. The Morgan fingerprint density at radius 2 is 1.74 bits per heavy atom. The number of Topliss-reactive ketones (excluding diaryl/α,β-unsaturated/α-hetero) is 1. The van der Waals surface area contributed by atoms with Crippen LogP contribution >= 0.6 is 0 Å². The van der Waals surface area contributed by atoms with E-state index in [0.717, 1.165) is 12.7 Å². The van der Waals surface area contributed by atoms with Gasteiger partial charge in [-0.05, 0) is 31.0 Å². The Bertz CT molecular complexity index is 595. The minimum atomic E-state index is -3.26. The lowest BCUT2D eigenvalue weighted by Crippen LogP contribution is -2.02. The van der Waals surface area contributed by atoms with Crippen molar-refractivity contribution in [3.8, 4) is 0 Å². The van der Waals surface area contributed by atoms with Crippen molar-refractivity contribution < 1.29 is 18.3 Å². The first-order valence-electron chi connectivity index (χ1n) is 6.01. The number of hydrogen-bond acceptors (Lipinski definition) is 4. The van der Waals surface area contributed by atoms with E-state index in [1.807, 2.05) is 6.92 Å². The summed E-state index contributed by atoms with van der Waals surface area (Å²) in [7, 11) is -3.26. The molecule has 0 fully saturated rings. The fourth-order valence-electron chi connectivity index (χ4n) is 1.80. The van der Waals surface area contributed by atoms with Gasteiger partial charge in [0.1, 0.15) is 5.76 Å². The molecule has 0 amide bonds. The number of allylic oxidation sites excluding steroid dienone is 2. The van der Waals surface area contributed by atoms with Crippen LogP contribution in [0, 0.1) is 0 Å². The van der Waals surface area contributed by atoms with E-state index in [-0.39, 0.29) is 22.0 Å². The summed E-state index contributed by atoms with van der Waals surface area (Å²) in [6.07, 6.45) is 2.27. The van der Waals surface area contributed by atoms with E-state index in [9.17, 15) is 18.3 Å². The highest BCUT2D eigenvalue weighted by atomic mass is 32.2. The molecular weight excluding hydrogens is 264 g/mol. The molecule has 1 N–H and O–H groups in total. The molecule has 4 nitrogen and oxygen atoms in total. The van der Waals surface area contributed by atoms with Gasteiger partial charge in [0.15, 0.2) is 15.6 Å². The minimum Gasteiger partial charge on any atom is -0.512 e. The first kappa shape index (κ1) is 15.4. The van der Waals surface area contributed by atoms with E-state index in [1.165, 1.54) is 19.1 Å². The number of aliphatic hydroxyl groups excluding tert-OH is 1. The molecule has 0 aliphatic heterocycles. The van der Waals surface area contributed by atoms with Crippen molar-refractivity contribution in [1.82, 2.24) is 0 Å². The molecule has 0 bridgehead atoms. The normalized spacial score (nSPS) is 13.0. The predicted octanol–water partition coefficient (Wildman–Crippen LogP) is 2.75. The quantitative estimate of drug-likeness (QED) is 0.666. The van der Waals surface area contributed by atoms with Gasteiger partial charge in [-0.1, -0.05) is 19.1 Å². The van der Waals surface area contributed by atoms with Gasteiger partial charge in [-0.25, -0.2) is 8.42 Å². The Labute approximate surface area is 113 Å². The standard InChI is InChI=1S/C14H18O4S/c1-4-5-13(16)14(10(2)15)11-6-8-12(9-7-11)19(3,17)18/h6-9,16H,4-5H2,1-3H3. The maximum absolute atomic E-state index is 11.6. The molecule has 0 unspecified atom stereocenters. The van der Waals surface area contributed by atoms with Crippen LogP contribution in [0.15, 0.2) is 34.9 Å². The van der Waals surface area contributed by atoms with Crippen molar-refractivity contribution in [2.24, 2.45) is 0 Å². The highest BCUT2D eigenvalue weighted by Crippen LogP contribution is 2.23. The summed E-state index contributed by atoms with van der Waals surface area (Å²) >= 11 is 0. The molecule has 19 heavy (non-hydrogen) atoms. The second-order valence-corrected chi connectivity index (χ2v) is 6.44. The second-order valence-electron chi connectivity index (χ2n) is 4.42. The molecule has 104 valence electrons. The predicted molar refractivity (Wildman–Crippen MR) is 74.7 cm³/mol. The zero-order valence-corrected chi connectivity index (χ0v) is 12.1. The molecule has 0 saturated carbocycles. The minimum absolute atomic E-state index is 0.0436. The molecule has 0 atom stereocenters. The van der Waals surface area contributed by atoms with Gasteiger partial charge >= 0.3 is 0 Å². The number of aliphatic hydroxyl groups is 1. The van der Waals surface area contributed by atoms with Gasteiger partial charge in [-0.15, -0.1) is 0 Å². The lowest BCUT2D eigenvalue weighted by Gasteiger charge is -2.08. The van der Waals surface area contributed by atoms with Crippen molar-refractivity contribution in [1.29, 1.82) is 0 Å². The van der Waals surface area contributed by atoms with Crippen LogP contribution in [0.2, 0.25) is 0 Å². The zero-order valence-electron chi connectivity index (χ0n) is 11.3. The average Bonchev–Trinajstić information content (AvgIpc) is 2.28. The summed E-state index contributed by atoms with van der Waals surface area (Å²) in [5, 5.41) is 9.90. The number of rotatable bonds is 5. The fraction of sp³-hybridized carbons (Fsp3) is 0.357. The van der Waals surface area contributed by atoms with Gasteiger partial charge in [0, 0.05) is 12.7 Å². The molecule has 0 aliphatic carbocycles. The van der Waals surface area contributed by atoms with E-state index < -0.39 is 9.84 Å². The first-order chi connectivity index (χ1) is 8.77. The Kier molecular flexibility index (Phi) is 4.89. The number of sulfone groups is 1. The van der Waals surface area contributed by atoms with Crippen molar-refractivity contribution in [2.45, 2.75) is 31.6 Å². The molecule has 1 aromatic carbocycles. The SMILES string of the molecule is CCCC(O)=C(C(C)=O)c1ccc(S(C)(=O)=O)cc1. The van der Waals surface area contributed by atoms with Crippen LogP contribution in [0.5, 0.6) is 0 Å². The summed E-state index contributed by atoms with van der Waals surface area (Å²) in [4.78, 5) is 11.8. The van der Waals surface area contributed by atoms with Gasteiger partial charge in [0.05, 0.1) is 10.5 Å². The molecule has 1 rings (SSSR count). The maximum atomic E-state index is 11.6. The summed E-state index contributed by atoms with van der Waals surface area (Å²) in [5.41, 5.74) is 0.785. The van der Waals surface area contributed by atoms with E-state index in [2.05, 4.69) is 0 Å². The van der Waals surface area contributed by atoms with Crippen molar-refractivity contribution in [2.75, 3.05) is 6.26 Å². The van der Waals surface area contributed by atoms with Crippen LogP contribution < -0.4 is 0 Å². The van der Waals surface area contributed by atoms with Gasteiger partial charge in [0.25, 0.3) is 0 Å². The molecule has 0 spiro atoms. The lowest BCUT2D eigenvalue weighted by atomic mass is 9.99. The van der Waals surface area contributed by atoms with E-state index >= 15 is 0 Å². The third-order valence-electron chi connectivity index (χ3n) is 2.70. The van der Waals surface area contributed by atoms with Gasteiger partial charge in [0.2, 0.25) is 0 Å². The highest BCUT2D eigenvalue weighted by Gasteiger charge is 2.14. The molecule has 0 aromatic heterocycles. The smallest absolute Gasteiger partial charge is 0.175 e. The number of carbonyl (C=O) groups is 1. The Balaban J connectivity index is 3.27. The van der Waals surface area contributed by atoms with E-state index in [1.54, 1.807) is 12.1 Å². The monoisotopic (exact) mass is 282 g/mol. The molecule has 0 saturated heterocycles. The topological polar surface area (TPSA) is 71.4 Å². The number of carbonyl (C=O) groups excluding carboxylic acids is 1. The molecule has 1 aromatic rings. The third kappa shape index (κ3) is 3.92. The average molecular weight is 282 g/mol. The summed E-state index contributed by atoms with van der Waals surface area (Å²) in [5.74, 6) is -0.194. The molecular formula is C14H18O4S. The second kappa shape index (κ2) is 6.02. The number of benzene rings is 1. The number of hydrogen-bond donors (Lipinski definition) is 1. The van der Waals surface area contributed by atoms with E-state index in [0.29, 0.717) is 12.0 Å². The third-order valence-corrected chi connectivity index (χ3v) is 3.83. The van der Waals surface area contributed by atoms with Crippen LogP contribution in [0.3, 0.4) is 0 Å².